The van der Waals surface area contributed by atoms with Gasteiger partial charge < -0.3 is 20.4 Å². The highest BCUT2D eigenvalue weighted by Crippen LogP contribution is 2.47. The molecule has 1 aromatic carbocycles. The first-order chi connectivity index (χ1) is 15.1. The van der Waals surface area contributed by atoms with E-state index in [0.717, 1.165) is 31.5 Å². The molecule has 3 aliphatic rings. The van der Waals surface area contributed by atoms with Crippen molar-refractivity contribution in [2.75, 3.05) is 32.7 Å². The van der Waals surface area contributed by atoms with E-state index in [1.165, 1.54) is 50.0 Å². The Morgan fingerprint density at radius 2 is 2.10 bits per heavy atom. The number of aliphatic hydroxyl groups is 2. The molecular formula is C27H40N2O2. The number of aliphatic hydroxyl groups excluding tert-OH is 2. The van der Waals surface area contributed by atoms with Crippen LogP contribution in [0.4, 0.5) is 0 Å². The lowest BCUT2D eigenvalue weighted by atomic mass is 9.89. The lowest BCUT2D eigenvalue weighted by Crippen LogP contribution is -2.26. The van der Waals surface area contributed by atoms with E-state index in [-0.39, 0.29) is 12.0 Å². The number of rotatable bonds is 10. The first kappa shape index (κ1) is 22.7. The second-order valence-corrected chi connectivity index (χ2v) is 9.96. The van der Waals surface area contributed by atoms with Crippen molar-refractivity contribution in [1.82, 2.24) is 10.2 Å². The number of hydrogen-bond donors (Lipinski definition) is 3. The average molecular weight is 425 g/mol. The Morgan fingerprint density at radius 1 is 1.26 bits per heavy atom. The Labute approximate surface area is 188 Å². The molecule has 2 aliphatic carbocycles. The molecule has 170 valence electrons. The molecule has 0 spiro atoms. The van der Waals surface area contributed by atoms with Crippen molar-refractivity contribution >= 4 is 0 Å². The minimum atomic E-state index is -0.501. The van der Waals surface area contributed by atoms with E-state index in [9.17, 15) is 10.2 Å². The summed E-state index contributed by atoms with van der Waals surface area (Å²) in [7, 11) is 0. The zero-order valence-electron chi connectivity index (χ0n) is 19.0. The molecular weight excluding hydrogens is 384 g/mol. The summed E-state index contributed by atoms with van der Waals surface area (Å²) in [6, 6.07) is 8.31. The van der Waals surface area contributed by atoms with Gasteiger partial charge in [-0.2, -0.15) is 0 Å². The number of allylic oxidation sites excluding steroid dienone is 1. The van der Waals surface area contributed by atoms with Crippen molar-refractivity contribution in [1.29, 1.82) is 0 Å². The van der Waals surface area contributed by atoms with Crippen molar-refractivity contribution in [3.05, 3.63) is 59.2 Å². The molecule has 1 aromatic rings. The number of nitrogens with zero attached hydrogens (tertiary/aromatic N) is 1. The number of nitrogens with one attached hydrogen (secondary N) is 1. The maximum atomic E-state index is 10.6. The molecule has 1 aliphatic heterocycles. The minimum absolute atomic E-state index is 0.154. The van der Waals surface area contributed by atoms with Crippen molar-refractivity contribution in [2.24, 2.45) is 17.8 Å². The number of benzene rings is 1. The van der Waals surface area contributed by atoms with Crippen molar-refractivity contribution < 1.29 is 10.2 Å². The van der Waals surface area contributed by atoms with Gasteiger partial charge in [-0.3, -0.25) is 0 Å². The summed E-state index contributed by atoms with van der Waals surface area (Å²) >= 11 is 0. The van der Waals surface area contributed by atoms with Crippen LogP contribution in [0.1, 0.15) is 43.2 Å². The summed E-state index contributed by atoms with van der Waals surface area (Å²) in [5.74, 6) is 1.12. The third kappa shape index (κ3) is 6.29. The minimum Gasteiger partial charge on any atom is -0.392 e. The Balaban J connectivity index is 1.20. The predicted molar refractivity (Wildman–Crippen MR) is 127 cm³/mol. The number of likely N-dealkylation sites (tertiary alicyclic amines) is 1. The molecule has 2 fully saturated rings. The molecule has 0 unspecified atom stereocenters. The zero-order chi connectivity index (χ0) is 21.6. The second kappa shape index (κ2) is 10.9. The molecule has 1 saturated carbocycles. The monoisotopic (exact) mass is 424 g/mol. The molecule has 3 N–H and O–H groups in total. The smallest absolute Gasteiger partial charge is 0.0761 e. The van der Waals surface area contributed by atoms with Gasteiger partial charge in [0.2, 0.25) is 0 Å². The number of fused-ring (bicyclic) bond motifs is 1. The van der Waals surface area contributed by atoms with Crippen LogP contribution in [0, 0.1) is 24.7 Å². The largest absolute Gasteiger partial charge is 0.392 e. The van der Waals surface area contributed by atoms with Gasteiger partial charge in [0.15, 0.2) is 0 Å². The quantitative estimate of drug-likeness (QED) is 0.398. The summed E-state index contributed by atoms with van der Waals surface area (Å²) in [6.07, 6.45) is 12.1. The Hall–Kier alpha value is -1.46. The van der Waals surface area contributed by atoms with E-state index < -0.39 is 6.10 Å². The highest BCUT2D eigenvalue weighted by atomic mass is 16.3. The van der Waals surface area contributed by atoms with Gasteiger partial charge in [0.05, 0.1) is 12.2 Å². The topological polar surface area (TPSA) is 55.7 Å². The summed E-state index contributed by atoms with van der Waals surface area (Å²) in [5, 5.41) is 24.7. The highest BCUT2D eigenvalue weighted by Gasteiger charge is 2.43. The Morgan fingerprint density at radius 3 is 2.90 bits per heavy atom. The summed E-state index contributed by atoms with van der Waals surface area (Å²) < 4.78 is 0. The SMILES string of the molecule is Cc1cccc(C[C@@H](O)/C=C/[C@@H]2[C@H]3CC(CNCCCN4CCCC4)=C[C@H]3C[C@H]2O)c1. The van der Waals surface area contributed by atoms with Gasteiger partial charge in [0.25, 0.3) is 0 Å². The molecule has 4 nitrogen and oxygen atoms in total. The maximum Gasteiger partial charge on any atom is 0.0761 e. The van der Waals surface area contributed by atoms with Crippen LogP contribution in [0.2, 0.25) is 0 Å². The first-order valence-corrected chi connectivity index (χ1v) is 12.3. The van der Waals surface area contributed by atoms with Gasteiger partial charge >= 0.3 is 0 Å². The lowest BCUT2D eigenvalue weighted by Gasteiger charge is -2.19. The van der Waals surface area contributed by atoms with Gasteiger partial charge in [-0.15, -0.1) is 0 Å². The summed E-state index contributed by atoms with van der Waals surface area (Å²) in [4.78, 5) is 2.58. The zero-order valence-corrected chi connectivity index (χ0v) is 19.0. The third-order valence-electron chi connectivity index (χ3n) is 7.41. The fourth-order valence-electron chi connectivity index (χ4n) is 5.82. The predicted octanol–water partition coefficient (Wildman–Crippen LogP) is 3.47. The van der Waals surface area contributed by atoms with E-state index in [0.29, 0.717) is 18.3 Å². The van der Waals surface area contributed by atoms with Crippen LogP contribution in [0.5, 0.6) is 0 Å². The highest BCUT2D eigenvalue weighted by molar-refractivity contribution is 5.24. The summed E-state index contributed by atoms with van der Waals surface area (Å²) in [6.45, 7) is 7.93. The van der Waals surface area contributed by atoms with Gasteiger partial charge in [-0.25, -0.2) is 0 Å². The van der Waals surface area contributed by atoms with Crippen LogP contribution in [-0.2, 0) is 6.42 Å². The third-order valence-corrected chi connectivity index (χ3v) is 7.41. The summed E-state index contributed by atoms with van der Waals surface area (Å²) in [5.41, 5.74) is 3.88. The molecule has 31 heavy (non-hydrogen) atoms. The Bertz CT molecular complexity index is 768. The van der Waals surface area contributed by atoms with Crippen LogP contribution < -0.4 is 5.32 Å². The van der Waals surface area contributed by atoms with Crippen molar-refractivity contribution in [3.63, 3.8) is 0 Å². The fourth-order valence-corrected chi connectivity index (χ4v) is 5.82. The standard InChI is InChI=1S/C27H40N2O2/c1-20-6-4-7-21(14-20)16-24(30)8-9-25-26-17-22(15-23(26)18-27(25)31)19-28-10-5-13-29-11-2-3-12-29/h4,6-9,14-15,23-28,30-31H,2-3,5,10-13,16-19H2,1H3/b9-8+/t23-,24-,25+,26-,27+/m0/s1. The van der Waals surface area contributed by atoms with E-state index in [1.54, 1.807) is 0 Å². The average Bonchev–Trinajstić information content (AvgIpc) is 3.43. The molecule has 0 bridgehead atoms. The number of hydrogen-bond acceptors (Lipinski definition) is 4. The second-order valence-electron chi connectivity index (χ2n) is 9.96. The van der Waals surface area contributed by atoms with E-state index in [2.05, 4.69) is 47.5 Å². The molecule has 1 saturated heterocycles. The fraction of sp³-hybridized carbons (Fsp3) is 0.630. The Kier molecular flexibility index (Phi) is 8.00. The van der Waals surface area contributed by atoms with Crippen LogP contribution >= 0.6 is 0 Å². The molecule has 5 atom stereocenters. The lowest BCUT2D eigenvalue weighted by molar-refractivity contribution is 0.140. The van der Waals surface area contributed by atoms with Crippen LogP contribution in [-0.4, -0.2) is 60.0 Å². The van der Waals surface area contributed by atoms with Crippen LogP contribution in [0.3, 0.4) is 0 Å². The maximum absolute atomic E-state index is 10.6. The van der Waals surface area contributed by atoms with E-state index >= 15 is 0 Å². The molecule has 0 radical (unpaired) electrons. The van der Waals surface area contributed by atoms with Crippen molar-refractivity contribution in [2.45, 2.75) is 57.7 Å². The van der Waals surface area contributed by atoms with Gasteiger partial charge in [0, 0.05) is 18.9 Å². The van der Waals surface area contributed by atoms with Gasteiger partial charge in [0.1, 0.15) is 0 Å². The van der Waals surface area contributed by atoms with Gasteiger partial charge in [-0.05, 0) is 82.6 Å². The molecule has 0 aromatic heterocycles. The normalized spacial score (nSPS) is 29.6. The first-order valence-electron chi connectivity index (χ1n) is 12.3. The molecule has 4 heteroatoms. The van der Waals surface area contributed by atoms with Gasteiger partial charge in [-0.1, -0.05) is 53.6 Å². The van der Waals surface area contributed by atoms with E-state index in [1.807, 2.05) is 12.1 Å². The van der Waals surface area contributed by atoms with Crippen molar-refractivity contribution in [3.8, 4) is 0 Å². The van der Waals surface area contributed by atoms with Crippen LogP contribution in [0.25, 0.3) is 0 Å². The van der Waals surface area contributed by atoms with E-state index in [4.69, 9.17) is 0 Å². The molecule has 0 amide bonds. The molecule has 1 heterocycles. The molecule has 4 rings (SSSR count). The number of aryl methyl sites for hydroxylation is 1. The van der Waals surface area contributed by atoms with Crippen LogP contribution in [0.15, 0.2) is 48.1 Å².